The predicted octanol–water partition coefficient (Wildman–Crippen LogP) is 5.51. The summed E-state index contributed by atoms with van der Waals surface area (Å²) in [5.74, 6) is 0.333. The molecule has 2 N–H and O–H groups in total. The molecule has 33 heavy (non-hydrogen) atoms. The molecule has 3 aromatic rings. The van der Waals surface area contributed by atoms with Crippen molar-refractivity contribution in [2.75, 3.05) is 7.05 Å². The van der Waals surface area contributed by atoms with Gasteiger partial charge in [0.1, 0.15) is 0 Å². The molecule has 0 saturated carbocycles. The van der Waals surface area contributed by atoms with Crippen molar-refractivity contribution in [2.45, 2.75) is 83.3 Å². The van der Waals surface area contributed by atoms with Gasteiger partial charge in [-0.2, -0.15) is 0 Å². The maximum absolute atomic E-state index is 13.2. The Hall–Kier alpha value is -2.66. The number of rotatable bonds is 5. The van der Waals surface area contributed by atoms with E-state index in [1.807, 2.05) is 20.0 Å². The molecule has 4 heterocycles. The summed E-state index contributed by atoms with van der Waals surface area (Å²) in [7, 11) is 2.24. The van der Waals surface area contributed by atoms with E-state index in [2.05, 4.69) is 71.4 Å². The number of aryl methyl sites for hydroxylation is 1. The van der Waals surface area contributed by atoms with Gasteiger partial charge in [-0.25, -0.2) is 0 Å². The number of fused-ring (bicyclic) bond motifs is 3. The topological polar surface area (TPSA) is 61.0 Å². The van der Waals surface area contributed by atoms with Gasteiger partial charge in [-0.15, -0.1) is 0 Å². The van der Waals surface area contributed by atoms with Crippen LogP contribution in [0.4, 0.5) is 0 Å². The van der Waals surface area contributed by atoms with E-state index >= 15 is 0 Å². The SMILES string of the molecule is Cc1cc(-c2[nH]c3ccc(C(C)C(=O)NC4C[C@H]5CC[C@@H](C4)N5C)cc3c2C(C)C)ccn1. The molecule has 0 aliphatic carbocycles. The van der Waals surface area contributed by atoms with Gasteiger partial charge in [0.2, 0.25) is 5.91 Å². The zero-order valence-electron chi connectivity index (χ0n) is 20.5. The molecule has 4 atom stereocenters. The molecule has 2 bridgehead atoms. The maximum atomic E-state index is 13.2. The second-order valence-corrected chi connectivity index (χ2v) is 10.5. The fourth-order valence-electron chi connectivity index (χ4n) is 6.04. The number of H-pyrrole nitrogens is 1. The van der Waals surface area contributed by atoms with Crippen LogP contribution in [0, 0.1) is 6.92 Å². The first-order chi connectivity index (χ1) is 15.8. The van der Waals surface area contributed by atoms with E-state index in [0.29, 0.717) is 24.0 Å². The Morgan fingerprint density at radius 1 is 1.12 bits per heavy atom. The van der Waals surface area contributed by atoms with Crippen LogP contribution < -0.4 is 5.32 Å². The van der Waals surface area contributed by atoms with Crippen molar-refractivity contribution in [1.29, 1.82) is 0 Å². The molecular weight excluding hydrogens is 408 g/mol. The standard InChI is InChI=1S/C28H36N4O/c1-16(2)26-24-13-19(6-9-25(24)31-27(26)20-10-11-29-17(3)12-20)18(4)28(33)30-21-14-22-7-8-23(15-21)32(22)5/h6,9-13,16,18,21-23,31H,7-8,14-15H2,1-5H3,(H,30,33)/t18?,21?,22-,23+. The first-order valence-electron chi connectivity index (χ1n) is 12.4. The molecule has 2 aliphatic rings. The summed E-state index contributed by atoms with van der Waals surface area (Å²) in [4.78, 5) is 23.7. The molecule has 1 aromatic carbocycles. The van der Waals surface area contributed by atoms with E-state index in [1.165, 1.54) is 23.8 Å². The van der Waals surface area contributed by atoms with Crippen LogP contribution in [0.25, 0.3) is 22.2 Å². The van der Waals surface area contributed by atoms with Crippen molar-refractivity contribution < 1.29 is 4.79 Å². The molecule has 5 rings (SSSR count). The number of carbonyl (C=O) groups is 1. The van der Waals surface area contributed by atoms with Gasteiger partial charge in [0.05, 0.1) is 11.6 Å². The van der Waals surface area contributed by atoms with E-state index in [0.717, 1.165) is 40.9 Å². The Kier molecular flexibility index (Phi) is 5.77. The quantitative estimate of drug-likeness (QED) is 0.546. The van der Waals surface area contributed by atoms with Crippen LogP contribution in [0.2, 0.25) is 0 Å². The Bertz CT molecular complexity index is 1170. The lowest BCUT2D eigenvalue weighted by atomic mass is 9.92. The van der Waals surface area contributed by atoms with E-state index in [1.54, 1.807) is 0 Å². The van der Waals surface area contributed by atoms with Crippen LogP contribution in [0.3, 0.4) is 0 Å². The molecule has 2 saturated heterocycles. The van der Waals surface area contributed by atoms with Gasteiger partial charge in [-0.1, -0.05) is 19.9 Å². The second kappa shape index (κ2) is 8.60. The minimum absolute atomic E-state index is 0.148. The van der Waals surface area contributed by atoms with Crippen LogP contribution in [0.15, 0.2) is 36.5 Å². The monoisotopic (exact) mass is 444 g/mol. The Labute approximate surface area is 197 Å². The second-order valence-electron chi connectivity index (χ2n) is 10.5. The highest BCUT2D eigenvalue weighted by Crippen LogP contribution is 2.37. The Balaban J connectivity index is 1.41. The highest BCUT2D eigenvalue weighted by atomic mass is 16.1. The number of piperidine rings is 1. The molecule has 174 valence electrons. The van der Waals surface area contributed by atoms with Gasteiger partial charge in [-0.3, -0.25) is 9.78 Å². The number of aromatic amines is 1. The van der Waals surface area contributed by atoms with Crippen LogP contribution >= 0.6 is 0 Å². The molecule has 2 fully saturated rings. The summed E-state index contributed by atoms with van der Waals surface area (Å²) in [5.41, 5.74) is 6.82. The first kappa shape index (κ1) is 22.1. The average Bonchev–Trinajstić information content (AvgIpc) is 3.25. The molecule has 1 amide bonds. The molecule has 0 spiro atoms. The normalized spacial score (nSPS) is 23.9. The predicted molar refractivity (Wildman–Crippen MR) is 135 cm³/mol. The number of pyridine rings is 1. The number of hydrogen-bond donors (Lipinski definition) is 2. The van der Waals surface area contributed by atoms with Gasteiger partial charge in [0, 0.05) is 46.5 Å². The van der Waals surface area contributed by atoms with Crippen molar-refractivity contribution in [1.82, 2.24) is 20.2 Å². The molecule has 2 unspecified atom stereocenters. The fraction of sp³-hybridized carbons (Fsp3) is 0.500. The molecule has 0 radical (unpaired) electrons. The van der Waals surface area contributed by atoms with Gasteiger partial charge in [0.25, 0.3) is 0 Å². The largest absolute Gasteiger partial charge is 0.354 e. The minimum Gasteiger partial charge on any atom is -0.354 e. The number of amides is 1. The smallest absolute Gasteiger partial charge is 0.227 e. The molecule has 2 aliphatic heterocycles. The number of benzene rings is 1. The molecule has 5 nitrogen and oxygen atoms in total. The van der Waals surface area contributed by atoms with Crippen molar-refractivity contribution in [2.24, 2.45) is 0 Å². The van der Waals surface area contributed by atoms with Crippen molar-refractivity contribution in [3.63, 3.8) is 0 Å². The molecule has 5 heteroatoms. The first-order valence-corrected chi connectivity index (χ1v) is 12.4. The van der Waals surface area contributed by atoms with E-state index in [4.69, 9.17) is 0 Å². The number of hydrogen-bond acceptors (Lipinski definition) is 3. The zero-order chi connectivity index (χ0) is 23.3. The third-order valence-corrected chi connectivity index (χ3v) is 7.96. The number of carbonyl (C=O) groups excluding carboxylic acids is 1. The summed E-state index contributed by atoms with van der Waals surface area (Å²) in [5, 5.41) is 4.59. The molecule has 2 aromatic heterocycles. The van der Waals surface area contributed by atoms with Gasteiger partial charge >= 0.3 is 0 Å². The van der Waals surface area contributed by atoms with Gasteiger partial charge < -0.3 is 15.2 Å². The minimum atomic E-state index is -0.173. The number of nitrogens with one attached hydrogen (secondary N) is 2. The average molecular weight is 445 g/mol. The Morgan fingerprint density at radius 3 is 2.52 bits per heavy atom. The van der Waals surface area contributed by atoms with E-state index in [9.17, 15) is 4.79 Å². The summed E-state index contributed by atoms with van der Waals surface area (Å²) >= 11 is 0. The fourth-order valence-corrected chi connectivity index (χ4v) is 6.04. The Morgan fingerprint density at radius 2 is 1.85 bits per heavy atom. The van der Waals surface area contributed by atoms with Gasteiger partial charge in [0.15, 0.2) is 0 Å². The number of aromatic nitrogens is 2. The summed E-state index contributed by atoms with van der Waals surface area (Å²) in [6.45, 7) is 8.53. The maximum Gasteiger partial charge on any atom is 0.227 e. The number of nitrogens with zero attached hydrogens (tertiary/aromatic N) is 2. The van der Waals surface area contributed by atoms with Gasteiger partial charge in [-0.05, 0) is 87.9 Å². The lowest BCUT2D eigenvalue weighted by Gasteiger charge is -2.37. The third kappa shape index (κ3) is 4.08. The van der Waals surface area contributed by atoms with E-state index < -0.39 is 0 Å². The van der Waals surface area contributed by atoms with Crippen molar-refractivity contribution >= 4 is 16.8 Å². The van der Waals surface area contributed by atoms with Crippen LogP contribution in [0.1, 0.15) is 75.1 Å². The zero-order valence-corrected chi connectivity index (χ0v) is 20.5. The molecular formula is C28H36N4O. The summed E-state index contributed by atoms with van der Waals surface area (Å²) in [6, 6.07) is 12.2. The lowest BCUT2D eigenvalue weighted by molar-refractivity contribution is -0.123. The lowest BCUT2D eigenvalue weighted by Crippen LogP contribution is -2.49. The van der Waals surface area contributed by atoms with Crippen LogP contribution in [-0.2, 0) is 4.79 Å². The van der Waals surface area contributed by atoms with E-state index in [-0.39, 0.29) is 11.8 Å². The highest BCUT2D eigenvalue weighted by Gasteiger charge is 2.39. The van der Waals surface area contributed by atoms with Crippen LogP contribution in [-0.4, -0.2) is 45.9 Å². The summed E-state index contributed by atoms with van der Waals surface area (Å²) in [6.07, 6.45) is 6.56. The summed E-state index contributed by atoms with van der Waals surface area (Å²) < 4.78 is 0. The highest BCUT2D eigenvalue weighted by molar-refractivity contribution is 5.93. The van der Waals surface area contributed by atoms with Crippen molar-refractivity contribution in [3.8, 4) is 11.3 Å². The van der Waals surface area contributed by atoms with Crippen LogP contribution in [0.5, 0.6) is 0 Å². The van der Waals surface area contributed by atoms with Crippen molar-refractivity contribution in [3.05, 3.63) is 53.3 Å². The third-order valence-electron chi connectivity index (χ3n) is 7.96.